The van der Waals surface area contributed by atoms with Crippen LogP contribution in [0.3, 0.4) is 0 Å². The van der Waals surface area contributed by atoms with Crippen molar-refractivity contribution in [2.24, 2.45) is 0 Å². The molecule has 0 aliphatic rings. The summed E-state index contributed by atoms with van der Waals surface area (Å²) in [6.07, 6.45) is -0.100. The van der Waals surface area contributed by atoms with Gasteiger partial charge in [-0.1, -0.05) is 30.7 Å². The van der Waals surface area contributed by atoms with Gasteiger partial charge in [-0.05, 0) is 36.6 Å². The molecule has 128 valence electrons. The molecule has 0 amide bonds. The molecule has 0 bridgehead atoms. The van der Waals surface area contributed by atoms with Crippen LogP contribution >= 0.6 is 11.6 Å². The molecule has 2 aromatic carbocycles. The standard InChI is InChI=1S/C18H18ClFO4/c1-4-12-6-5-7-16(24-18(21)22-3)13(12)10-23-17-9-15(20)11(2)8-14(17)19/h5-9H,4,10H2,1-3H3. The van der Waals surface area contributed by atoms with E-state index in [1.165, 1.54) is 19.2 Å². The second-order valence-electron chi connectivity index (χ2n) is 5.12. The Kier molecular flexibility index (Phi) is 6.04. The number of benzene rings is 2. The quantitative estimate of drug-likeness (QED) is 0.556. The Morgan fingerprint density at radius 3 is 2.67 bits per heavy atom. The van der Waals surface area contributed by atoms with Crippen LogP contribution in [0.15, 0.2) is 30.3 Å². The minimum absolute atomic E-state index is 0.0819. The second-order valence-corrected chi connectivity index (χ2v) is 5.53. The maximum absolute atomic E-state index is 13.7. The molecule has 0 aromatic heterocycles. The Bertz CT molecular complexity index is 746. The Labute approximate surface area is 145 Å². The molecule has 6 heteroatoms. The summed E-state index contributed by atoms with van der Waals surface area (Å²) in [6.45, 7) is 3.68. The van der Waals surface area contributed by atoms with Crippen LogP contribution in [-0.2, 0) is 17.8 Å². The summed E-state index contributed by atoms with van der Waals surface area (Å²) in [5, 5.41) is 0.318. The van der Waals surface area contributed by atoms with Gasteiger partial charge < -0.3 is 14.2 Å². The molecule has 0 saturated heterocycles. The number of aryl methyl sites for hydroxylation is 2. The van der Waals surface area contributed by atoms with Crippen molar-refractivity contribution in [2.75, 3.05) is 7.11 Å². The molecule has 0 heterocycles. The molecule has 24 heavy (non-hydrogen) atoms. The molecular formula is C18H18ClFO4. The zero-order valence-electron chi connectivity index (χ0n) is 13.7. The lowest BCUT2D eigenvalue weighted by Gasteiger charge is -2.15. The van der Waals surface area contributed by atoms with E-state index in [2.05, 4.69) is 4.74 Å². The first-order valence-corrected chi connectivity index (χ1v) is 7.79. The Morgan fingerprint density at radius 1 is 1.25 bits per heavy atom. The van der Waals surface area contributed by atoms with Gasteiger partial charge in [-0.2, -0.15) is 0 Å². The molecule has 0 spiro atoms. The van der Waals surface area contributed by atoms with Gasteiger partial charge in [-0.15, -0.1) is 0 Å². The number of rotatable bonds is 5. The van der Waals surface area contributed by atoms with E-state index in [1.54, 1.807) is 19.1 Å². The van der Waals surface area contributed by atoms with Crippen molar-refractivity contribution in [1.29, 1.82) is 0 Å². The van der Waals surface area contributed by atoms with Gasteiger partial charge in [0.2, 0.25) is 0 Å². The first kappa shape index (κ1) is 18.1. The SMILES string of the molecule is CCc1cccc(OC(=O)OC)c1COc1cc(F)c(C)cc1Cl. The molecule has 0 radical (unpaired) electrons. The summed E-state index contributed by atoms with van der Waals surface area (Å²) in [5.41, 5.74) is 2.07. The van der Waals surface area contributed by atoms with E-state index >= 15 is 0 Å². The third kappa shape index (κ3) is 4.17. The van der Waals surface area contributed by atoms with E-state index in [4.69, 9.17) is 21.1 Å². The third-order valence-electron chi connectivity index (χ3n) is 3.56. The molecule has 0 aliphatic heterocycles. The summed E-state index contributed by atoms with van der Waals surface area (Å²) >= 11 is 6.09. The van der Waals surface area contributed by atoms with Crippen LogP contribution in [0.5, 0.6) is 11.5 Å². The highest BCUT2D eigenvalue weighted by Gasteiger charge is 2.15. The van der Waals surface area contributed by atoms with E-state index in [0.29, 0.717) is 28.3 Å². The van der Waals surface area contributed by atoms with Crippen LogP contribution in [0, 0.1) is 12.7 Å². The van der Waals surface area contributed by atoms with Crippen LogP contribution in [0.25, 0.3) is 0 Å². The topological polar surface area (TPSA) is 44.8 Å². The average Bonchev–Trinajstić information content (AvgIpc) is 2.57. The normalized spacial score (nSPS) is 10.4. The lowest BCUT2D eigenvalue weighted by atomic mass is 10.0. The Hall–Kier alpha value is -2.27. The van der Waals surface area contributed by atoms with Crippen LogP contribution in [0.1, 0.15) is 23.6 Å². The molecule has 0 aliphatic carbocycles. The summed E-state index contributed by atoms with van der Waals surface area (Å²) in [6, 6.07) is 8.07. The predicted molar refractivity (Wildman–Crippen MR) is 89.3 cm³/mol. The number of carbonyl (C=O) groups is 1. The summed E-state index contributed by atoms with van der Waals surface area (Å²) in [7, 11) is 1.23. The van der Waals surface area contributed by atoms with Crippen molar-refractivity contribution < 1.29 is 23.4 Å². The van der Waals surface area contributed by atoms with Gasteiger partial charge in [0.15, 0.2) is 0 Å². The zero-order valence-corrected chi connectivity index (χ0v) is 14.4. The maximum Gasteiger partial charge on any atom is 0.513 e. The number of hydrogen-bond acceptors (Lipinski definition) is 4. The van der Waals surface area contributed by atoms with Gasteiger partial charge in [-0.3, -0.25) is 0 Å². The predicted octanol–water partition coefficient (Wildman–Crippen LogP) is 5.07. The smallest absolute Gasteiger partial charge is 0.487 e. The van der Waals surface area contributed by atoms with Gasteiger partial charge in [0.25, 0.3) is 0 Å². The van der Waals surface area contributed by atoms with Gasteiger partial charge in [0.1, 0.15) is 23.9 Å². The minimum atomic E-state index is -0.816. The molecule has 0 atom stereocenters. The summed E-state index contributed by atoms with van der Waals surface area (Å²) < 4.78 is 29.0. The monoisotopic (exact) mass is 352 g/mol. The third-order valence-corrected chi connectivity index (χ3v) is 3.85. The van der Waals surface area contributed by atoms with Crippen molar-refractivity contribution in [3.8, 4) is 11.5 Å². The summed E-state index contributed by atoms with van der Waals surface area (Å²) in [5.74, 6) is 0.170. The van der Waals surface area contributed by atoms with Gasteiger partial charge in [0.05, 0.1) is 12.1 Å². The first-order chi connectivity index (χ1) is 11.5. The van der Waals surface area contributed by atoms with E-state index < -0.39 is 12.0 Å². The van der Waals surface area contributed by atoms with E-state index in [0.717, 1.165) is 5.56 Å². The van der Waals surface area contributed by atoms with Crippen molar-refractivity contribution in [3.63, 3.8) is 0 Å². The van der Waals surface area contributed by atoms with Crippen molar-refractivity contribution in [1.82, 2.24) is 0 Å². The molecule has 4 nitrogen and oxygen atoms in total. The Balaban J connectivity index is 2.28. The zero-order chi connectivity index (χ0) is 17.7. The van der Waals surface area contributed by atoms with Crippen molar-refractivity contribution in [3.05, 3.63) is 57.9 Å². The number of hydrogen-bond donors (Lipinski definition) is 0. The lowest BCUT2D eigenvalue weighted by Crippen LogP contribution is -2.11. The summed E-state index contributed by atoms with van der Waals surface area (Å²) in [4.78, 5) is 11.4. The van der Waals surface area contributed by atoms with Crippen LogP contribution in [0.2, 0.25) is 5.02 Å². The van der Waals surface area contributed by atoms with Crippen molar-refractivity contribution in [2.45, 2.75) is 26.9 Å². The number of halogens is 2. The molecular weight excluding hydrogens is 335 g/mol. The highest BCUT2D eigenvalue weighted by Crippen LogP contribution is 2.30. The van der Waals surface area contributed by atoms with Gasteiger partial charge in [-0.25, -0.2) is 9.18 Å². The highest BCUT2D eigenvalue weighted by atomic mass is 35.5. The molecule has 0 unspecified atom stereocenters. The van der Waals surface area contributed by atoms with Crippen molar-refractivity contribution >= 4 is 17.8 Å². The molecule has 2 rings (SSSR count). The van der Waals surface area contributed by atoms with Crippen LogP contribution < -0.4 is 9.47 Å². The molecule has 0 fully saturated rings. The van der Waals surface area contributed by atoms with E-state index in [9.17, 15) is 9.18 Å². The highest BCUT2D eigenvalue weighted by molar-refractivity contribution is 6.32. The maximum atomic E-state index is 13.7. The van der Waals surface area contributed by atoms with Crippen LogP contribution in [-0.4, -0.2) is 13.3 Å². The largest absolute Gasteiger partial charge is 0.513 e. The molecule has 0 saturated carbocycles. The van der Waals surface area contributed by atoms with Gasteiger partial charge >= 0.3 is 6.16 Å². The average molecular weight is 353 g/mol. The van der Waals surface area contributed by atoms with Crippen LogP contribution in [0.4, 0.5) is 9.18 Å². The first-order valence-electron chi connectivity index (χ1n) is 7.41. The number of methoxy groups -OCH3 is 1. The number of ether oxygens (including phenoxy) is 3. The fourth-order valence-corrected chi connectivity index (χ4v) is 2.49. The van der Waals surface area contributed by atoms with E-state index in [-0.39, 0.29) is 12.4 Å². The lowest BCUT2D eigenvalue weighted by molar-refractivity contribution is 0.120. The second kappa shape index (κ2) is 8.02. The Morgan fingerprint density at radius 2 is 2.00 bits per heavy atom. The molecule has 2 aromatic rings. The minimum Gasteiger partial charge on any atom is -0.487 e. The van der Waals surface area contributed by atoms with E-state index in [1.807, 2.05) is 13.0 Å². The fourth-order valence-electron chi connectivity index (χ4n) is 2.22. The fraction of sp³-hybridized carbons (Fsp3) is 0.278. The van der Waals surface area contributed by atoms with Gasteiger partial charge in [0, 0.05) is 11.6 Å². The molecule has 0 N–H and O–H groups in total. The number of carbonyl (C=O) groups excluding carboxylic acids is 1.